The van der Waals surface area contributed by atoms with Gasteiger partial charge in [-0.2, -0.15) is 13.2 Å². The third-order valence-corrected chi connectivity index (χ3v) is 3.20. The van der Waals surface area contributed by atoms with Gasteiger partial charge in [0.05, 0.1) is 10.5 Å². The molecule has 0 saturated heterocycles. The zero-order valence-corrected chi connectivity index (χ0v) is 10.3. The molecule has 0 aromatic heterocycles. The highest BCUT2D eigenvalue weighted by Gasteiger charge is 2.36. The molecule has 10 heteroatoms. The second-order valence-electron chi connectivity index (χ2n) is 3.09. The Hall–Kier alpha value is -1.39. The van der Waals surface area contributed by atoms with Gasteiger partial charge in [0, 0.05) is 0 Å². The van der Waals surface area contributed by atoms with Crippen LogP contribution < -0.4 is 16.0 Å². The number of nitrogens with two attached hydrogens (primary N) is 1. The fourth-order valence-electron chi connectivity index (χ4n) is 1.11. The predicted molar refractivity (Wildman–Crippen MR) is 61.7 cm³/mol. The lowest BCUT2D eigenvalue weighted by Crippen LogP contribution is -2.44. The normalized spacial score (nSPS) is 12.2. The maximum atomic E-state index is 12.6. The van der Waals surface area contributed by atoms with Gasteiger partial charge in [0.1, 0.15) is 0 Å². The Kier molecular flexibility index (Phi) is 4.14. The molecule has 0 atom stereocenters. The topological polar surface area (TPSA) is 84.2 Å². The molecule has 0 aliphatic rings. The molecule has 0 saturated carbocycles. The molecule has 4 N–H and O–H groups in total. The molecule has 100 valence electrons. The number of alkyl halides is 3. The highest BCUT2D eigenvalue weighted by atomic mass is 32.2. The first-order chi connectivity index (χ1) is 8.14. The van der Waals surface area contributed by atoms with E-state index in [1.807, 2.05) is 5.43 Å². The standard InChI is InChI=1S/C8H8F3N3O2S2/c9-8(10,11)5-3-1-2-4-6(5)18(15,16)14-13-7(12)17/h1-4,14H,(H3,12,13,17). The van der Waals surface area contributed by atoms with Crippen LogP contribution in [0, 0.1) is 0 Å². The number of thiocarbonyl (C=S) groups is 1. The molecule has 18 heavy (non-hydrogen) atoms. The van der Waals surface area contributed by atoms with Gasteiger partial charge < -0.3 is 5.73 Å². The van der Waals surface area contributed by atoms with Crippen LogP contribution in [0.3, 0.4) is 0 Å². The Labute approximate surface area is 106 Å². The summed E-state index contributed by atoms with van der Waals surface area (Å²) in [6, 6.07) is 3.75. The van der Waals surface area contributed by atoms with Crippen molar-refractivity contribution < 1.29 is 21.6 Å². The number of benzene rings is 1. The quantitative estimate of drug-likeness (QED) is 0.566. The fraction of sp³-hybridized carbons (Fsp3) is 0.125. The molecule has 0 heterocycles. The van der Waals surface area contributed by atoms with Crippen molar-refractivity contribution in [2.45, 2.75) is 11.1 Å². The summed E-state index contributed by atoms with van der Waals surface area (Å²) in [5, 5.41) is -0.414. The molecule has 0 aliphatic heterocycles. The number of hydrogen-bond donors (Lipinski definition) is 3. The molecule has 0 fully saturated rings. The van der Waals surface area contributed by atoms with Crippen molar-refractivity contribution in [1.29, 1.82) is 0 Å². The van der Waals surface area contributed by atoms with E-state index in [9.17, 15) is 21.6 Å². The summed E-state index contributed by atoms with van der Waals surface area (Å²) >= 11 is 4.34. The number of hydrazine groups is 1. The summed E-state index contributed by atoms with van der Waals surface area (Å²) in [4.78, 5) is 0.728. The molecular weight excluding hydrogens is 291 g/mol. The van der Waals surface area contributed by atoms with Gasteiger partial charge >= 0.3 is 6.18 Å². The molecule has 0 spiro atoms. The van der Waals surface area contributed by atoms with Gasteiger partial charge in [-0.3, -0.25) is 5.43 Å². The zero-order chi connectivity index (χ0) is 14.0. The van der Waals surface area contributed by atoms with Crippen molar-refractivity contribution in [3.8, 4) is 0 Å². The summed E-state index contributed by atoms with van der Waals surface area (Å²) < 4.78 is 61.1. The van der Waals surface area contributed by atoms with Crippen molar-refractivity contribution in [2.75, 3.05) is 0 Å². The lowest BCUT2D eigenvalue weighted by molar-refractivity contribution is -0.139. The highest BCUT2D eigenvalue weighted by Crippen LogP contribution is 2.33. The summed E-state index contributed by atoms with van der Waals surface area (Å²) in [7, 11) is -4.42. The molecule has 1 aromatic rings. The van der Waals surface area contributed by atoms with Crippen LogP contribution in [0.4, 0.5) is 13.2 Å². The minimum Gasteiger partial charge on any atom is -0.375 e. The van der Waals surface area contributed by atoms with Crippen molar-refractivity contribution in [2.24, 2.45) is 5.73 Å². The third-order valence-electron chi connectivity index (χ3n) is 1.79. The van der Waals surface area contributed by atoms with Gasteiger partial charge in [-0.25, -0.2) is 8.42 Å². The van der Waals surface area contributed by atoms with E-state index in [2.05, 4.69) is 12.2 Å². The Morgan fingerprint density at radius 2 is 1.83 bits per heavy atom. The average molecular weight is 299 g/mol. The Morgan fingerprint density at radius 3 is 2.33 bits per heavy atom. The monoisotopic (exact) mass is 299 g/mol. The lowest BCUT2D eigenvalue weighted by atomic mass is 10.2. The second kappa shape index (κ2) is 5.08. The van der Waals surface area contributed by atoms with E-state index in [1.54, 1.807) is 4.83 Å². The van der Waals surface area contributed by atoms with Crippen molar-refractivity contribution in [3.05, 3.63) is 29.8 Å². The van der Waals surface area contributed by atoms with Crippen molar-refractivity contribution >= 4 is 27.4 Å². The lowest BCUT2D eigenvalue weighted by Gasteiger charge is -2.13. The van der Waals surface area contributed by atoms with Crippen LogP contribution >= 0.6 is 12.2 Å². The van der Waals surface area contributed by atoms with Gasteiger partial charge in [-0.15, -0.1) is 4.83 Å². The van der Waals surface area contributed by atoms with E-state index in [4.69, 9.17) is 5.73 Å². The summed E-state index contributed by atoms with van der Waals surface area (Å²) in [5.74, 6) is 0. The minimum absolute atomic E-state index is 0.414. The van der Waals surface area contributed by atoms with Crippen LogP contribution in [-0.4, -0.2) is 13.5 Å². The first-order valence-electron chi connectivity index (χ1n) is 4.38. The molecule has 0 unspecified atom stereocenters. The van der Waals surface area contributed by atoms with Crippen LogP contribution in [0.5, 0.6) is 0 Å². The van der Waals surface area contributed by atoms with Gasteiger partial charge in [0.2, 0.25) is 0 Å². The Morgan fingerprint density at radius 1 is 1.28 bits per heavy atom. The van der Waals surface area contributed by atoms with Gasteiger partial charge in [0.15, 0.2) is 5.11 Å². The maximum Gasteiger partial charge on any atom is 0.417 e. The Bertz CT molecular complexity index is 557. The van der Waals surface area contributed by atoms with Crippen LogP contribution in [-0.2, 0) is 16.2 Å². The van der Waals surface area contributed by atoms with E-state index < -0.39 is 31.8 Å². The molecule has 0 radical (unpaired) electrons. The fourth-order valence-corrected chi connectivity index (χ4v) is 2.31. The zero-order valence-electron chi connectivity index (χ0n) is 8.65. The van der Waals surface area contributed by atoms with Crippen LogP contribution in [0.25, 0.3) is 0 Å². The van der Waals surface area contributed by atoms with Gasteiger partial charge in [-0.05, 0) is 24.4 Å². The minimum atomic E-state index is -4.78. The highest BCUT2D eigenvalue weighted by molar-refractivity contribution is 7.89. The summed E-state index contributed by atoms with van der Waals surface area (Å²) in [5.41, 5.74) is 5.56. The van der Waals surface area contributed by atoms with Crippen LogP contribution in [0.1, 0.15) is 5.56 Å². The predicted octanol–water partition coefficient (Wildman–Crippen LogP) is 0.732. The molecule has 0 amide bonds. The maximum absolute atomic E-state index is 12.6. The van der Waals surface area contributed by atoms with Crippen molar-refractivity contribution in [1.82, 2.24) is 10.3 Å². The number of nitrogens with one attached hydrogen (secondary N) is 2. The first-order valence-corrected chi connectivity index (χ1v) is 6.27. The largest absolute Gasteiger partial charge is 0.417 e. The first kappa shape index (κ1) is 14.7. The summed E-state index contributed by atoms with van der Waals surface area (Å²) in [6.07, 6.45) is -4.78. The molecule has 5 nitrogen and oxygen atoms in total. The average Bonchev–Trinajstić information content (AvgIpc) is 2.25. The van der Waals surface area contributed by atoms with E-state index in [0.717, 1.165) is 12.1 Å². The molecule has 1 aromatic carbocycles. The SMILES string of the molecule is NC(=S)NNS(=O)(=O)c1ccccc1C(F)(F)F. The van der Waals surface area contributed by atoms with Crippen molar-refractivity contribution in [3.63, 3.8) is 0 Å². The number of halogens is 3. The van der Waals surface area contributed by atoms with Gasteiger partial charge in [-0.1, -0.05) is 12.1 Å². The van der Waals surface area contributed by atoms with E-state index in [1.165, 1.54) is 6.07 Å². The Balaban J connectivity index is 3.21. The summed E-state index contributed by atoms with van der Waals surface area (Å²) in [6.45, 7) is 0. The number of sulfonamides is 1. The van der Waals surface area contributed by atoms with E-state index in [0.29, 0.717) is 6.07 Å². The third kappa shape index (κ3) is 3.55. The molecule has 0 aliphatic carbocycles. The van der Waals surface area contributed by atoms with E-state index >= 15 is 0 Å². The van der Waals surface area contributed by atoms with Gasteiger partial charge in [0.25, 0.3) is 10.0 Å². The second-order valence-corrected chi connectivity index (χ2v) is 5.18. The number of hydrogen-bond acceptors (Lipinski definition) is 3. The molecular formula is C8H8F3N3O2S2. The molecule has 1 rings (SSSR count). The smallest absolute Gasteiger partial charge is 0.375 e. The number of rotatable bonds is 3. The molecule has 0 bridgehead atoms. The van der Waals surface area contributed by atoms with Crippen LogP contribution in [0.2, 0.25) is 0 Å². The van der Waals surface area contributed by atoms with E-state index in [-0.39, 0.29) is 0 Å². The van der Waals surface area contributed by atoms with Crippen LogP contribution in [0.15, 0.2) is 29.2 Å².